The number of H-pyrrole nitrogens is 1. The van der Waals surface area contributed by atoms with Crippen molar-refractivity contribution in [1.82, 2.24) is 15.3 Å². The molecule has 3 N–H and O–H groups in total. The first kappa shape index (κ1) is 20.7. The molecule has 3 aromatic carbocycles. The van der Waals surface area contributed by atoms with Gasteiger partial charge in [-0.3, -0.25) is 9.59 Å². The molecule has 34 heavy (non-hydrogen) atoms. The summed E-state index contributed by atoms with van der Waals surface area (Å²) in [5.74, 6) is 1.98. The zero-order valence-corrected chi connectivity index (χ0v) is 18.8. The smallest absolute Gasteiger partial charge is 0.255 e. The van der Waals surface area contributed by atoms with Crippen LogP contribution in [-0.4, -0.2) is 27.8 Å². The second-order valence-electron chi connectivity index (χ2n) is 9.47. The van der Waals surface area contributed by atoms with E-state index in [1.54, 1.807) is 12.1 Å². The number of carbonyl (C=O) groups is 2. The summed E-state index contributed by atoms with van der Waals surface area (Å²) in [4.78, 5) is 33.3. The number of hydrogen-bond donors (Lipinski definition) is 3. The minimum Gasteiger partial charge on any atom is -0.349 e. The lowest BCUT2D eigenvalue weighted by Crippen LogP contribution is -2.38. The third-order valence-corrected chi connectivity index (χ3v) is 7.25. The molecule has 6 rings (SSSR count). The van der Waals surface area contributed by atoms with Crippen LogP contribution in [0.2, 0.25) is 0 Å². The molecular formula is C28H26N4O2. The van der Waals surface area contributed by atoms with Gasteiger partial charge in [0.2, 0.25) is 0 Å². The molecule has 170 valence electrons. The summed E-state index contributed by atoms with van der Waals surface area (Å²) in [6, 6.07) is 22.6. The lowest BCUT2D eigenvalue weighted by molar-refractivity contribution is 0.0922. The van der Waals surface area contributed by atoms with Crippen molar-refractivity contribution >= 4 is 28.5 Å². The molecule has 1 heterocycles. The van der Waals surface area contributed by atoms with E-state index in [1.165, 1.54) is 19.3 Å². The number of hydrogen-bond acceptors (Lipinski definition) is 3. The fourth-order valence-corrected chi connectivity index (χ4v) is 5.47. The molecular weight excluding hydrogens is 424 g/mol. The van der Waals surface area contributed by atoms with Crippen LogP contribution in [0.5, 0.6) is 0 Å². The molecule has 1 aromatic heterocycles. The summed E-state index contributed by atoms with van der Waals surface area (Å²) < 4.78 is 0. The van der Waals surface area contributed by atoms with E-state index in [0.717, 1.165) is 34.6 Å². The van der Waals surface area contributed by atoms with Gasteiger partial charge in [-0.1, -0.05) is 36.8 Å². The van der Waals surface area contributed by atoms with E-state index in [0.29, 0.717) is 28.9 Å². The average molecular weight is 451 g/mol. The molecule has 2 bridgehead atoms. The zero-order chi connectivity index (χ0) is 23.1. The van der Waals surface area contributed by atoms with Gasteiger partial charge in [-0.25, -0.2) is 4.98 Å². The Morgan fingerprint density at radius 1 is 0.853 bits per heavy atom. The number of carbonyl (C=O) groups excluding carboxylic acids is 2. The van der Waals surface area contributed by atoms with Crippen molar-refractivity contribution in [3.63, 3.8) is 0 Å². The first-order chi connectivity index (χ1) is 16.6. The maximum atomic E-state index is 12.8. The SMILES string of the molecule is O=C(Nc1ccccc1)c1ccc(-c2nc3ccc(C(=O)NC4CC5CCC4C5)cc3[nH]2)cc1. The van der Waals surface area contributed by atoms with Gasteiger partial charge in [0.05, 0.1) is 11.0 Å². The van der Waals surface area contributed by atoms with Gasteiger partial charge in [0.15, 0.2) is 0 Å². The maximum absolute atomic E-state index is 12.8. The highest BCUT2D eigenvalue weighted by molar-refractivity contribution is 6.04. The number of para-hydroxylation sites is 1. The highest BCUT2D eigenvalue weighted by Crippen LogP contribution is 2.44. The number of aromatic amines is 1. The first-order valence-electron chi connectivity index (χ1n) is 11.9. The van der Waals surface area contributed by atoms with Crippen LogP contribution in [0.3, 0.4) is 0 Å². The third kappa shape index (κ3) is 3.96. The topological polar surface area (TPSA) is 86.9 Å². The van der Waals surface area contributed by atoms with Gasteiger partial charge in [0.1, 0.15) is 5.82 Å². The fourth-order valence-electron chi connectivity index (χ4n) is 5.47. The number of benzene rings is 3. The van der Waals surface area contributed by atoms with Gasteiger partial charge in [0, 0.05) is 28.4 Å². The Kier molecular flexibility index (Phi) is 5.13. The first-order valence-corrected chi connectivity index (χ1v) is 11.9. The standard InChI is InChI=1S/C28H26N4O2/c33-27(29-22-4-2-1-3-5-22)19-10-8-18(9-11-19)26-30-23-13-12-21(16-25(23)31-26)28(34)32-24-15-17-6-7-20(24)14-17/h1-5,8-13,16-17,20,24H,6-7,14-15H2,(H,29,33)(H,30,31)(H,32,34). The predicted octanol–water partition coefficient (Wildman–Crippen LogP) is 5.40. The molecule has 3 unspecified atom stereocenters. The molecule has 0 saturated heterocycles. The van der Waals surface area contributed by atoms with Crippen LogP contribution in [0.15, 0.2) is 72.8 Å². The van der Waals surface area contributed by atoms with Crippen LogP contribution in [0.25, 0.3) is 22.4 Å². The summed E-state index contributed by atoms with van der Waals surface area (Å²) in [5.41, 5.74) is 4.48. The molecule has 0 radical (unpaired) electrons. The van der Waals surface area contributed by atoms with Crippen LogP contribution in [0.1, 0.15) is 46.4 Å². The molecule has 0 spiro atoms. The number of imidazole rings is 1. The molecule has 2 aliphatic carbocycles. The monoisotopic (exact) mass is 450 g/mol. The number of anilines is 1. The molecule has 2 fully saturated rings. The summed E-state index contributed by atoms with van der Waals surface area (Å²) in [7, 11) is 0. The highest BCUT2D eigenvalue weighted by atomic mass is 16.2. The van der Waals surface area contributed by atoms with Crippen molar-refractivity contribution < 1.29 is 9.59 Å². The van der Waals surface area contributed by atoms with E-state index in [4.69, 9.17) is 0 Å². The second kappa shape index (κ2) is 8.45. The van der Waals surface area contributed by atoms with Crippen molar-refractivity contribution in [2.75, 3.05) is 5.32 Å². The number of nitrogens with one attached hydrogen (secondary N) is 3. The van der Waals surface area contributed by atoms with E-state index in [9.17, 15) is 9.59 Å². The Balaban J connectivity index is 1.17. The summed E-state index contributed by atoms with van der Waals surface area (Å²) in [6.07, 6.45) is 4.94. The van der Waals surface area contributed by atoms with Gasteiger partial charge < -0.3 is 15.6 Å². The van der Waals surface area contributed by atoms with Crippen molar-refractivity contribution in [3.05, 3.63) is 83.9 Å². The Hall–Kier alpha value is -3.93. The van der Waals surface area contributed by atoms with Gasteiger partial charge in [0.25, 0.3) is 11.8 Å². The van der Waals surface area contributed by atoms with Crippen molar-refractivity contribution in [2.45, 2.75) is 31.7 Å². The maximum Gasteiger partial charge on any atom is 0.255 e. The van der Waals surface area contributed by atoms with Crippen molar-refractivity contribution in [2.24, 2.45) is 11.8 Å². The van der Waals surface area contributed by atoms with E-state index in [1.807, 2.05) is 60.7 Å². The van der Waals surface area contributed by atoms with E-state index >= 15 is 0 Å². The number of rotatable bonds is 5. The Bertz CT molecular complexity index is 1360. The van der Waals surface area contributed by atoms with Crippen molar-refractivity contribution in [1.29, 1.82) is 0 Å². The van der Waals surface area contributed by atoms with Gasteiger partial charge in [-0.2, -0.15) is 0 Å². The number of fused-ring (bicyclic) bond motifs is 3. The number of aromatic nitrogens is 2. The quantitative estimate of drug-likeness (QED) is 0.380. The van der Waals surface area contributed by atoms with Gasteiger partial charge >= 0.3 is 0 Å². The average Bonchev–Trinajstić information content (AvgIpc) is 3.60. The van der Waals surface area contributed by atoms with Gasteiger partial charge in [-0.15, -0.1) is 0 Å². The highest BCUT2D eigenvalue weighted by Gasteiger charge is 2.40. The van der Waals surface area contributed by atoms with Crippen LogP contribution in [0, 0.1) is 11.8 Å². The lowest BCUT2D eigenvalue weighted by Gasteiger charge is -2.22. The Labute approximate surface area is 197 Å². The van der Waals surface area contributed by atoms with Crippen LogP contribution in [-0.2, 0) is 0 Å². The zero-order valence-electron chi connectivity index (χ0n) is 18.8. The lowest BCUT2D eigenvalue weighted by atomic mass is 9.95. The summed E-state index contributed by atoms with van der Waals surface area (Å²) in [6.45, 7) is 0. The Morgan fingerprint density at radius 3 is 2.38 bits per heavy atom. The molecule has 0 aliphatic heterocycles. The fraction of sp³-hybridized carbons (Fsp3) is 0.250. The van der Waals surface area contributed by atoms with Gasteiger partial charge in [-0.05, 0) is 73.6 Å². The van der Waals surface area contributed by atoms with Crippen LogP contribution < -0.4 is 10.6 Å². The van der Waals surface area contributed by atoms with E-state index < -0.39 is 0 Å². The summed E-state index contributed by atoms with van der Waals surface area (Å²) in [5, 5.41) is 6.14. The largest absolute Gasteiger partial charge is 0.349 e. The minimum atomic E-state index is -0.159. The van der Waals surface area contributed by atoms with E-state index in [-0.39, 0.29) is 11.8 Å². The molecule has 6 heteroatoms. The van der Waals surface area contributed by atoms with E-state index in [2.05, 4.69) is 20.6 Å². The predicted molar refractivity (Wildman–Crippen MR) is 133 cm³/mol. The number of nitrogens with zero attached hydrogens (tertiary/aromatic N) is 1. The van der Waals surface area contributed by atoms with Crippen LogP contribution in [0.4, 0.5) is 5.69 Å². The third-order valence-electron chi connectivity index (χ3n) is 7.25. The normalized spacial score (nSPS) is 21.0. The molecule has 2 aliphatic rings. The number of amides is 2. The second-order valence-corrected chi connectivity index (χ2v) is 9.47. The van der Waals surface area contributed by atoms with Crippen LogP contribution >= 0.6 is 0 Å². The summed E-state index contributed by atoms with van der Waals surface area (Å²) >= 11 is 0. The van der Waals surface area contributed by atoms with Crippen molar-refractivity contribution in [3.8, 4) is 11.4 Å². The molecule has 2 amide bonds. The molecule has 3 atom stereocenters. The molecule has 4 aromatic rings. The molecule has 2 saturated carbocycles. The minimum absolute atomic E-state index is 0.00983. The Morgan fingerprint density at radius 2 is 1.65 bits per heavy atom. The molecule has 6 nitrogen and oxygen atoms in total.